The summed E-state index contributed by atoms with van der Waals surface area (Å²) < 4.78 is 17.0. The van der Waals surface area contributed by atoms with E-state index in [1.807, 2.05) is 21.1 Å². The van der Waals surface area contributed by atoms with Crippen molar-refractivity contribution in [3.05, 3.63) is 12.2 Å². The zero-order valence-electron chi connectivity index (χ0n) is 26.3. The minimum Gasteiger partial charge on any atom is -0.477 e. The Balaban J connectivity index is 4.57. The van der Waals surface area contributed by atoms with Crippen LogP contribution in [0.5, 0.6) is 0 Å². The summed E-state index contributed by atoms with van der Waals surface area (Å²) >= 11 is 0. The van der Waals surface area contributed by atoms with Gasteiger partial charge < -0.3 is 23.8 Å². The number of carboxylic acids is 1. The maximum Gasteiger partial charge on any atom is 0.362 e. The molecule has 0 aromatic heterocycles. The van der Waals surface area contributed by atoms with Crippen LogP contribution in [0.15, 0.2) is 12.2 Å². The highest BCUT2D eigenvalue weighted by atomic mass is 16.6. The number of carbonyl (C=O) groups is 3. The highest BCUT2D eigenvalue weighted by Gasteiger charge is 2.31. The lowest BCUT2D eigenvalue weighted by Gasteiger charge is -2.31. The number of rotatable bonds is 27. The molecule has 0 rings (SSSR count). The van der Waals surface area contributed by atoms with E-state index in [1.165, 1.54) is 51.4 Å². The molecule has 0 aliphatic rings. The van der Waals surface area contributed by atoms with E-state index in [0.717, 1.165) is 32.1 Å². The van der Waals surface area contributed by atoms with Gasteiger partial charge in [0, 0.05) is 19.3 Å². The fraction of sp³-hybridized carbons (Fsp3) is 0.844. The molecule has 0 aromatic carbocycles. The number of carboxylic acid groups (broad SMARTS) is 1. The van der Waals surface area contributed by atoms with Crippen LogP contribution in [0.2, 0.25) is 0 Å². The Labute approximate surface area is 244 Å². The number of quaternary nitrogens is 1. The molecule has 0 bridgehead atoms. The zero-order valence-corrected chi connectivity index (χ0v) is 26.3. The number of allylic oxidation sites excluding steroid dienone is 2. The van der Waals surface area contributed by atoms with Crippen LogP contribution in [0.25, 0.3) is 0 Å². The van der Waals surface area contributed by atoms with Gasteiger partial charge >= 0.3 is 17.9 Å². The zero-order chi connectivity index (χ0) is 30.1. The predicted molar refractivity (Wildman–Crippen MR) is 160 cm³/mol. The van der Waals surface area contributed by atoms with Gasteiger partial charge in [-0.05, 0) is 32.1 Å². The van der Waals surface area contributed by atoms with Gasteiger partial charge in [0.05, 0.1) is 34.4 Å². The van der Waals surface area contributed by atoms with E-state index < -0.39 is 18.1 Å². The first kappa shape index (κ1) is 38.1. The fourth-order valence-electron chi connectivity index (χ4n) is 4.39. The van der Waals surface area contributed by atoms with Crippen LogP contribution >= 0.6 is 0 Å². The second-order valence-corrected chi connectivity index (χ2v) is 11.7. The summed E-state index contributed by atoms with van der Waals surface area (Å²) in [5.41, 5.74) is 0. The van der Waals surface area contributed by atoms with Crippen molar-refractivity contribution in [2.75, 3.05) is 41.0 Å². The van der Waals surface area contributed by atoms with Crippen LogP contribution in [0.4, 0.5) is 0 Å². The van der Waals surface area contributed by atoms with Gasteiger partial charge in [-0.2, -0.15) is 0 Å². The molecule has 0 fully saturated rings. The van der Waals surface area contributed by atoms with Gasteiger partial charge in [0.1, 0.15) is 6.61 Å². The van der Waals surface area contributed by atoms with E-state index in [2.05, 4.69) is 26.0 Å². The van der Waals surface area contributed by atoms with Crippen LogP contribution in [0.3, 0.4) is 0 Å². The Morgan fingerprint density at radius 1 is 0.725 bits per heavy atom. The predicted octanol–water partition coefficient (Wildman–Crippen LogP) is 6.85. The molecule has 8 nitrogen and oxygen atoms in total. The Morgan fingerprint density at radius 2 is 1.27 bits per heavy atom. The molecule has 2 atom stereocenters. The van der Waals surface area contributed by atoms with E-state index in [-0.39, 0.29) is 42.7 Å². The van der Waals surface area contributed by atoms with E-state index in [9.17, 15) is 19.5 Å². The molecule has 0 aliphatic heterocycles. The van der Waals surface area contributed by atoms with Crippen molar-refractivity contribution in [1.82, 2.24) is 0 Å². The molecular weight excluding hydrogens is 510 g/mol. The average Bonchev–Trinajstić information content (AvgIpc) is 2.89. The number of nitrogens with zero attached hydrogens (tertiary/aromatic N) is 1. The van der Waals surface area contributed by atoms with Crippen LogP contribution in [-0.4, -0.2) is 80.6 Å². The lowest BCUT2D eigenvalue weighted by Crippen LogP contribution is -2.50. The molecule has 0 amide bonds. The average molecular weight is 571 g/mol. The third-order valence-corrected chi connectivity index (χ3v) is 6.91. The van der Waals surface area contributed by atoms with Crippen molar-refractivity contribution in [3.63, 3.8) is 0 Å². The quantitative estimate of drug-likeness (QED) is 0.0499. The Morgan fingerprint density at radius 3 is 1.88 bits per heavy atom. The van der Waals surface area contributed by atoms with E-state index >= 15 is 0 Å². The molecule has 0 radical (unpaired) electrons. The third kappa shape index (κ3) is 22.8. The first-order valence-electron chi connectivity index (χ1n) is 15.7. The summed E-state index contributed by atoms with van der Waals surface area (Å²) in [5, 5.41) is 9.51. The largest absolute Gasteiger partial charge is 0.477 e. The highest BCUT2D eigenvalue weighted by molar-refractivity contribution is 5.72. The molecule has 8 heteroatoms. The monoisotopic (exact) mass is 570 g/mol. The summed E-state index contributed by atoms with van der Waals surface area (Å²) in [5.74, 6) is -1.52. The number of ether oxygens (including phenoxy) is 3. The normalized spacial score (nSPS) is 13.3. The van der Waals surface area contributed by atoms with Crippen molar-refractivity contribution < 1.29 is 38.2 Å². The van der Waals surface area contributed by atoms with Crippen LogP contribution in [-0.2, 0) is 28.6 Å². The standard InChI is InChI=1S/C32H59NO7/c1-6-8-10-12-14-15-17-19-21-23-31(35)40-28(26-38-25-24-29(32(36)37)33(3,4)5)27-39-30(34)22-20-18-16-13-11-9-7-2/h15,17,28-29H,6-14,16,18-27H2,1-5H3/p+1/b17-15+. The first-order chi connectivity index (χ1) is 19.1. The molecule has 40 heavy (non-hydrogen) atoms. The number of aliphatic carboxylic acids is 1. The SMILES string of the molecule is CCCCCC/C=C/CCCC(=O)OC(COCCC(C(=O)O)[N+](C)(C)C)COC(=O)CCCCCCCCC. The number of esters is 2. The summed E-state index contributed by atoms with van der Waals surface area (Å²) in [6, 6.07) is -0.611. The van der Waals surface area contributed by atoms with E-state index in [1.54, 1.807) is 0 Å². The number of hydrogen-bond acceptors (Lipinski definition) is 6. The molecule has 1 N–H and O–H groups in total. The maximum absolute atomic E-state index is 12.5. The Hall–Kier alpha value is -1.93. The van der Waals surface area contributed by atoms with E-state index in [4.69, 9.17) is 14.2 Å². The van der Waals surface area contributed by atoms with Gasteiger partial charge in [0.2, 0.25) is 0 Å². The van der Waals surface area contributed by atoms with Crippen molar-refractivity contribution in [2.45, 2.75) is 135 Å². The number of unbranched alkanes of at least 4 members (excludes halogenated alkanes) is 11. The van der Waals surface area contributed by atoms with E-state index in [0.29, 0.717) is 19.3 Å². The molecule has 0 aromatic rings. The lowest BCUT2D eigenvalue weighted by atomic mass is 10.1. The number of hydrogen-bond donors (Lipinski definition) is 1. The van der Waals surface area contributed by atoms with Gasteiger partial charge in [0.25, 0.3) is 0 Å². The molecule has 234 valence electrons. The maximum atomic E-state index is 12.5. The molecular formula is C32H60NO7+. The summed E-state index contributed by atoms with van der Waals surface area (Å²) in [6.07, 6.45) is 19.9. The molecule has 0 heterocycles. The van der Waals surface area contributed by atoms with Crippen LogP contribution in [0, 0.1) is 0 Å². The number of carbonyl (C=O) groups excluding carboxylic acids is 2. The fourth-order valence-corrected chi connectivity index (χ4v) is 4.39. The first-order valence-corrected chi connectivity index (χ1v) is 15.7. The molecule has 0 spiro atoms. The summed E-state index contributed by atoms with van der Waals surface area (Å²) in [6.45, 7) is 4.59. The minimum absolute atomic E-state index is 0.0532. The van der Waals surface area contributed by atoms with Crippen molar-refractivity contribution in [3.8, 4) is 0 Å². The van der Waals surface area contributed by atoms with Crippen LogP contribution in [0.1, 0.15) is 123 Å². The van der Waals surface area contributed by atoms with Gasteiger partial charge in [0.15, 0.2) is 12.1 Å². The molecule has 0 saturated carbocycles. The molecule has 2 unspecified atom stereocenters. The molecule has 0 saturated heterocycles. The summed E-state index contributed by atoms with van der Waals surface area (Å²) in [7, 11) is 5.49. The second-order valence-electron chi connectivity index (χ2n) is 11.7. The van der Waals surface area contributed by atoms with Crippen molar-refractivity contribution in [2.24, 2.45) is 0 Å². The van der Waals surface area contributed by atoms with Crippen molar-refractivity contribution >= 4 is 17.9 Å². The number of likely N-dealkylation sites (N-methyl/N-ethyl adjacent to an activating group) is 1. The molecule has 0 aliphatic carbocycles. The highest BCUT2D eigenvalue weighted by Crippen LogP contribution is 2.11. The summed E-state index contributed by atoms with van der Waals surface area (Å²) in [4.78, 5) is 36.3. The van der Waals surface area contributed by atoms with Crippen LogP contribution < -0.4 is 0 Å². The smallest absolute Gasteiger partial charge is 0.362 e. The van der Waals surface area contributed by atoms with Gasteiger partial charge in [-0.1, -0.05) is 83.8 Å². The Kier molecular flexibility index (Phi) is 23.6. The van der Waals surface area contributed by atoms with Gasteiger partial charge in [-0.15, -0.1) is 0 Å². The van der Waals surface area contributed by atoms with Gasteiger partial charge in [-0.25, -0.2) is 4.79 Å². The lowest BCUT2D eigenvalue weighted by molar-refractivity contribution is -0.887. The van der Waals surface area contributed by atoms with Crippen molar-refractivity contribution in [1.29, 1.82) is 0 Å². The third-order valence-electron chi connectivity index (χ3n) is 6.91. The minimum atomic E-state index is -0.881. The van der Waals surface area contributed by atoms with Gasteiger partial charge in [-0.3, -0.25) is 9.59 Å². The topological polar surface area (TPSA) is 99.1 Å². The Bertz CT molecular complexity index is 687. The second kappa shape index (κ2) is 24.8.